The minimum Gasteiger partial charge on any atom is -0.389 e. The van der Waals surface area contributed by atoms with E-state index in [4.69, 9.17) is 0 Å². The summed E-state index contributed by atoms with van der Waals surface area (Å²) in [7, 11) is 0. The molecule has 4 atom stereocenters. The first-order valence-corrected chi connectivity index (χ1v) is 15.6. The number of amides is 2. The van der Waals surface area contributed by atoms with Crippen LogP contribution >= 0.6 is 11.3 Å². The van der Waals surface area contributed by atoms with Crippen molar-refractivity contribution in [1.29, 1.82) is 0 Å². The Hall–Kier alpha value is -3.79. The van der Waals surface area contributed by atoms with Crippen molar-refractivity contribution in [3.05, 3.63) is 106 Å². The van der Waals surface area contributed by atoms with Gasteiger partial charge in [-0.15, -0.1) is 11.3 Å². The van der Waals surface area contributed by atoms with Crippen molar-refractivity contribution >= 4 is 23.2 Å². The van der Waals surface area contributed by atoms with Crippen LogP contribution in [0.5, 0.6) is 0 Å². The minimum absolute atomic E-state index is 0.0620. The minimum atomic E-state index is -0.752. The fourth-order valence-corrected chi connectivity index (χ4v) is 7.08. The predicted molar refractivity (Wildman–Crippen MR) is 164 cm³/mol. The van der Waals surface area contributed by atoms with Gasteiger partial charge in [-0.25, -0.2) is 4.98 Å². The number of nitrogens with zero attached hydrogens (tertiary/aromatic N) is 3. The molecule has 2 fully saturated rings. The number of carbonyl (C=O) groups excluding carboxylic acids is 2. The smallest absolute Gasteiger partial charge is 0.254 e. The van der Waals surface area contributed by atoms with E-state index in [9.17, 15) is 14.7 Å². The first-order chi connectivity index (χ1) is 20.5. The lowest BCUT2D eigenvalue weighted by atomic mass is 9.95. The van der Waals surface area contributed by atoms with Crippen molar-refractivity contribution in [2.75, 3.05) is 13.1 Å². The second-order valence-electron chi connectivity index (χ2n) is 11.3. The summed E-state index contributed by atoms with van der Waals surface area (Å²) in [5.74, 6) is -0.422. The highest BCUT2D eigenvalue weighted by Crippen LogP contribution is 2.35. The SMILES string of the molecule is Cc1csc(C2CCCN2C(=O)c2cc(C(=O)NC(Cc3ccccc3)C(O)C3CCCN3)cc(-n3cccc3)c2)n1. The topological polar surface area (TPSA) is 99.5 Å². The maximum Gasteiger partial charge on any atom is 0.254 e. The van der Waals surface area contributed by atoms with E-state index in [2.05, 4.69) is 15.6 Å². The number of thiazole rings is 1. The van der Waals surface area contributed by atoms with Gasteiger partial charge >= 0.3 is 0 Å². The molecule has 2 aromatic carbocycles. The number of aliphatic hydroxyl groups excluding tert-OH is 1. The molecule has 2 saturated heterocycles. The molecule has 2 aliphatic rings. The standard InChI is InChI=1S/C33H37N5O3S/c1-22-21-42-32(35-22)29-12-8-16-38(29)33(41)25-18-24(19-26(20-25)37-14-5-6-15-37)31(40)36-28(17-23-9-3-2-4-10-23)30(39)27-11-7-13-34-27/h2-6,9-10,14-15,18-21,27-30,34,39H,7-8,11-13,16-17H2,1H3,(H,36,40). The highest BCUT2D eigenvalue weighted by atomic mass is 32.1. The van der Waals surface area contributed by atoms with Crippen LogP contribution < -0.4 is 10.6 Å². The van der Waals surface area contributed by atoms with Gasteiger partial charge in [0.25, 0.3) is 11.8 Å². The summed E-state index contributed by atoms with van der Waals surface area (Å²) in [5, 5.41) is 20.8. The highest BCUT2D eigenvalue weighted by molar-refractivity contribution is 7.09. The second kappa shape index (κ2) is 12.6. The number of likely N-dealkylation sites (tertiary alicyclic amines) is 1. The molecule has 0 aliphatic carbocycles. The van der Waals surface area contributed by atoms with Gasteiger partial charge in [0.1, 0.15) is 5.01 Å². The van der Waals surface area contributed by atoms with Gasteiger partial charge in [0.15, 0.2) is 0 Å². The summed E-state index contributed by atoms with van der Waals surface area (Å²) in [6.07, 6.45) is 7.18. The van der Waals surface area contributed by atoms with Crippen LogP contribution in [0.4, 0.5) is 0 Å². The van der Waals surface area contributed by atoms with Gasteiger partial charge in [0.2, 0.25) is 0 Å². The molecular weight excluding hydrogens is 546 g/mol. The Labute approximate surface area is 250 Å². The monoisotopic (exact) mass is 583 g/mol. The van der Waals surface area contributed by atoms with Crippen molar-refractivity contribution in [3.63, 3.8) is 0 Å². The van der Waals surface area contributed by atoms with E-state index in [-0.39, 0.29) is 23.9 Å². The summed E-state index contributed by atoms with van der Waals surface area (Å²) >= 11 is 1.59. The van der Waals surface area contributed by atoms with E-state index in [0.717, 1.165) is 54.2 Å². The number of benzene rings is 2. The van der Waals surface area contributed by atoms with Crippen molar-refractivity contribution in [1.82, 2.24) is 25.1 Å². The number of hydrogen-bond acceptors (Lipinski definition) is 6. The van der Waals surface area contributed by atoms with E-state index in [0.29, 0.717) is 24.1 Å². The van der Waals surface area contributed by atoms with Gasteiger partial charge in [-0.1, -0.05) is 30.3 Å². The average molecular weight is 584 g/mol. The fourth-order valence-electron chi connectivity index (χ4n) is 6.14. The molecule has 0 spiro atoms. The molecule has 6 rings (SSSR count). The lowest BCUT2D eigenvalue weighted by Crippen LogP contribution is -2.52. The van der Waals surface area contributed by atoms with Gasteiger partial charge in [0.05, 0.1) is 18.2 Å². The molecule has 8 nitrogen and oxygen atoms in total. The summed E-state index contributed by atoms with van der Waals surface area (Å²) in [5.41, 5.74) is 3.57. The molecule has 4 aromatic rings. The molecule has 2 aliphatic heterocycles. The zero-order valence-electron chi connectivity index (χ0n) is 23.8. The first kappa shape index (κ1) is 28.3. The van der Waals surface area contributed by atoms with Crippen LogP contribution in [-0.2, 0) is 6.42 Å². The van der Waals surface area contributed by atoms with E-state index in [1.165, 1.54) is 0 Å². The van der Waals surface area contributed by atoms with Gasteiger partial charge < -0.3 is 25.2 Å². The Morgan fingerprint density at radius 2 is 1.86 bits per heavy atom. The molecule has 4 unspecified atom stereocenters. The summed E-state index contributed by atoms with van der Waals surface area (Å²) in [6.45, 7) is 3.48. The zero-order chi connectivity index (χ0) is 29.1. The van der Waals surface area contributed by atoms with Crippen LogP contribution in [0, 0.1) is 6.92 Å². The number of aliphatic hydroxyl groups is 1. The first-order valence-electron chi connectivity index (χ1n) is 14.7. The number of nitrogens with one attached hydrogen (secondary N) is 2. The van der Waals surface area contributed by atoms with Crippen LogP contribution in [0.2, 0.25) is 0 Å². The molecule has 0 radical (unpaired) electrons. The largest absolute Gasteiger partial charge is 0.389 e. The summed E-state index contributed by atoms with van der Waals surface area (Å²) in [6, 6.07) is 18.4. The third-order valence-corrected chi connectivity index (χ3v) is 9.37. The summed E-state index contributed by atoms with van der Waals surface area (Å²) in [4.78, 5) is 34.4. The summed E-state index contributed by atoms with van der Waals surface area (Å²) < 4.78 is 1.90. The maximum atomic E-state index is 14.0. The Balaban J connectivity index is 1.30. The fraction of sp³-hybridized carbons (Fsp3) is 0.364. The van der Waals surface area contributed by atoms with Gasteiger partial charge in [-0.2, -0.15) is 0 Å². The van der Waals surface area contributed by atoms with E-state index in [1.54, 1.807) is 23.5 Å². The van der Waals surface area contributed by atoms with Crippen LogP contribution in [0.15, 0.2) is 78.4 Å². The number of hydrogen-bond donors (Lipinski definition) is 3. The molecule has 3 N–H and O–H groups in total. The predicted octanol–water partition coefficient (Wildman–Crippen LogP) is 4.67. The van der Waals surface area contributed by atoms with Crippen LogP contribution in [0.1, 0.15) is 68.7 Å². The number of rotatable bonds is 9. The van der Waals surface area contributed by atoms with E-state index >= 15 is 0 Å². The van der Waals surface area contributed by atoms with Crippen LogP contribution in [0.3, 0.4) is 0 Å². The lowest BCUT2D eigenvalue weighted by Gasteiger charge is -2.29. The second-order valence-corrected chi connectivity index (χ2v) is 12.2. The molecule has 9 heteroatoms. The van der Waals surface area contributed by atoms with Crippen molar-refractivity contribution in [3.8, 4) is 5.69 Å². The molecule has 2 amide bonds. The third kappa shape index (κ3) is 6.18. The molecular formula is C33H37N5O3S. The Morgan fingerprint density at radius 3 is 2.57 bits per heavy atom. The van der Waals surface area contributed by atoms with Crippen molar-refractivity contribution in [2.24, 2.45) is 0 Å². The number of aryl methyl sites for hydroxylation is 1. The zero-order valence-corrected chi connectivity index (χ0v) is 24.6. The Kier molecular flexibility index (Phi) is 8.51. The van der Waals surface area contributed by atoms with Crippen molar-refractivity contribution < 1.29 is 14.7 Å². The third-order valence-electron chi connectivity index (χ3n) is 8.30. The molecule has 42 heavy (non-hydrogen) atoms. The van der Waals surface area contributed by atoms with Gasteiger partial charge in [-0.3, -0.25) is 9.59 Å². The van der Waals surface area contributed by atoms with E-state index < -0.39 is 12.1 Å². The molecule has 0 bridgehead atoms. The normalized spacial score (nSPS) is 20.0. The van der Waals surface area contributed by atoms with Crippen LogP contribution in [0.25, 0.3) is 5.69 Å². The van der Waals surface area contributed by atoms with E-state index in [1.807, 2.05) is 82.7 Å². The number of carbonyl (C=O) groups is 2. The van der Waals surface area contributed by atoms with Crippen LogP contribution in [-0.4, -0.2) is 62.6 Å². The molecule has 0 saturated carbocycles. The molecule has 4 heterocycles. The maximum absolute atomic E-state index is 14.0. The van der Waals surface area contributed by atoms with Gasteiger partial charge in [0, 0.05) is 52.9 Å². The Morgan fingerprint density at radius 1 is 1.07 bits per heavy atom. The average Bonchev–Trinajstić information content (AvgIpc) is 3.84. The van der Waals surface area contributed by atoms with Gasteiger partial charge in [-0.05, 0) is 81.5 Å². The molecule has 2 aromatic heterocycles. The quantitative estimate of drug-likeness (QED) is 0.266. The Bertz CT molecular complexity index is 1510. The lowest BCUT2D eigenvalue weighted by molar-refractivity contribution is 0.0733. The number of aromatic nitrogens is 2. The molecule has 218 valence electrons. The van der Waals surface area contributed by atoms with Crippen molar-refractivity contribution in [2.45, 2.75) is 63.3 Å². The highest BCUT2D eigenvalue weighted by Gasteiger charge is 2.34.